The van der Waals surface area contributed by atoms with Crippen LogP contribution in [0.4, 0.5) is 18.9 Å². The Morgan fingerprint density at radius 3 is 2.50 bits per heavy atom. The zero-order valence-electron chi connectivity index (χ0n) is 12.3. The molecule has 1 heterocycles. The maximum Gasteiger partial charge on any atom is 0.443 e. The lowest BCUT2D eigenvalue weighted by molar-refractivity contribution is -0.137. The highest BCUT2D eigenvalue weighted by Gasteiger charge is 2.35. The van der Waals surface area contributed by atoms with Gasteiger partial charge in [-0.1, -0.05) is 11.6 Å². The second kappa shape index (κ2) is 6.78. The summed E-state index contributed by atoms with van der Waals surface area (Å²) in [4.78, 5) is 27.0. The number of ether oxygens (including phenoxy) is 1. The van der Waals surface area contributed by atoms with Gasteiger partial charge in [-0.15, -0.1) is 11.3 Å². The molecule has 0 bridgehead atoms. The van der Waals surface area contributed by atoms with Crippen molar-refractivity contribution in [3.05, 3.63) is 38.8 Å². The zero-order chi connectivity index (χ0) is 18.1. The Hall–Kier alpha value is -2.13. The van der Waals surface area contributed by atoms with E-state index in [0.29, 0.717) is 11.3 Å². The van der Waals surface area contributed by atoms with Crippen molar-refractivity contribution in [2.45, 2.75) is 13.1 Å². The van der Waals surface area contributed by atoms with Crippen molar-refractivity contribution >= 4 is 40.3 Å². The van der Waals surface area contributed by atoms with E-state index in [1.807, 2.05) is 0 Å². The summed E-state index contributed by atoms with van der Waals surface area (Å²) in [6, 6.07) is 2.84. The van der Waals surface area contributed by atoms with Crippen molar-refractivity contribution in [3.63, 3.8) is 0 Å². The van der Waals surface area contributed by atoms with Crippen molar-refractivity contribution in [1.29, 1.82) is 0 Å². The fourth-order valence-electron chi connectivity index (χ4n) is 1.82. The lowest BCUT2D eigenvalue weighted by atomic mass is 10.1. The molecule has 24 heavy (non-hydrogen) atoms. The zero-order valence-corrected chi connectivity index (χ0v) is 13.9. The summed E-state index contributed by atoms with van der Waals surface area (Å²) in [7, 11) is 1.34. The molecule has 1 aromatic carbocycles. The Balaban J connectivity index is 2.38. The molecular formula is C14H10ClF3N2O3S. The highest BCUT2D eigenvalue weighted by Crippen LogP contribution is 2.36. The Bertz CT molecular complexity index is 805. The molecule has 0 aliphatic rings. The third-order valence-corrected chi connectivity index (χ3v) is 4.19. The van der Waals surface area contributed by atoms with Gasteiger partial charge in [0.25, 0.3) is 5.91 Å². The van der Waals surface area contributed by atoms with Crippen LogP contribution in [0.25, 0.3) is 0 Å². The quantitative estimate of drug-likeness (QED) is 0.806. The molecule has 0 saturated heterocycles. The van der Waals surface area contributed by atoms with Gasteiger partial charge in [-0.25, -0.2) is 4.98 Å². The van der Waals surface area contributed by atoms with Crippen LogP contribution in [0.1, 0.15) is 32.8 Å². The smallest absolute Gasteiger partial charge is 0.443 e. The van der Waals surface area contributed by atoms with Crippen molar-refractivity contribution in [1.82, 2.24) is 4.98 Å². The largest absolute Gasteiger partial charge is 0.495 e. The standard InChI is InChI=1S/C14H10ClF3N2O3S/c1-6(21)7-3-4-9(23-2)10(15)11(7)20-12(22)8-5-24-13(19-8)14(16,17)18/h3-5H,1-2H3,(H,20,22). The minimum atomic E-state index is -4.64. The number of methoxy groups -OCH3 is 1. The van der Waals surface area contributed by atoms with E-state index in [1.54, 1.807) is 0 Å². The molecule has 1 N–H and O–H groups in total. The first kappa shape index (κ1) is 18.2. The second-order valence-electron chi connectivity index (χ2n) is 4.55. The average molecular weight is 379 g/mol. The molecule has 0 spiro atoms. The van der Waals surface area contributed by atoms with Gasteiger partial charge in [0.2, 0.25) is 0 Å². The minimum absolute atomic E-state index is 0.0372. The number of amides is 1. The number of hydrogen-bond donors (Lipinski definition) is 1. The van der Waals surface area contributed by atoms with Gasteiger partial charge in [-0.3, -0.25) is 9.59 Å². The topological polar surface area (TPSA) is 68.3 Å². The summed E-state index contributed by atoms with van der Waals surface area (Å²) < 4.78 is 42.7. The summed E-state index contributed by atoms with van der Waals surface area (Å²) >= 11 is 6.37. The molecule has 0 aliphatic heterocycles. The predicted molar refractivity (Wildman–Crippen MR) is 83.1 cm³/mol. The molecule has 0 unspecified atom stereocenters. The number of rotatable bonds is 4. The van der Waals surface area contributed by atoms with E-state index >= 15 is 0 Å². The van der Waals surface area contributed by atoms with Crippen molar-refractivity contribution in [2.75, 3.05) is 12.4 Å². The molecule has 5 nitrogen and oxygen atoms in total. The molecule has 0 radical (unpaired) electrons. The normalized spacial score (nSPS) is 11.2. The SMILES string of the molecule is COc1ccc(C(C)=O)c(NC(=O)c2csc(C(F)(F)F)n2)c1Cl. The van der Waals surface area contributed by atoms with Gasteiger partial charge in [-0.2, -0.15) is 13.2 Å². The first-order chi connectivity index (χ1) is 11.1. The highest BCUT2D eigenvalue weighted by molar-refractivity contribution is 7.10. The number of ketones is 1. The average Bonchev–Trinajstić information content (AvgIpc) is 2.99. The lowest BCUT2D eigenvalue weighted by Crippen LogP contribution is -2.16. The van der Waals surface area contributed by atoms with Crippen molar-refractivity contribution in [3.8, 4) is 5.75 Å². The number of carbonyl (C=O) groups is 2. The summed E-state index contributed by atoms with van der Waals surface area (Å²) in [6.07, 6.45) is -4.64. The van der Waals surface area contributed by atoms with Crippen LogP contribution in [0.3, 0.4) is 0 Å². The number of benzene rings is 1. The Kier molecular flexibility index (Phi) is 5.14. The summed E-state index contributed by atoms with van der Waals surface area (Å²) in [5, 5.41) is 2.11. The number of thiazole rings is 1. The number of alkyl halides is 3. The molecule has 2 rings (SSSR count). The van der Waals surface area contributed by atoms with Crippen molar-refractivity contribution < 1.29 is 27.5 Å². The number of carbonyl (C=O) groups excluding carboxylic acids is 2. The molecule has 10 heteroatoms. The monoisotopic (exact) mass is 378 g/mol. The van der Waals surface area contributed by atoms with E-state index in [1.165, 1.54) is 26.2 Å². The number of Topliss-reactive ketones (excluding diaryl/α,β-unsaturated/α-hetero) is 1. The van der Waals surface area contributed by atoms with Gasteiger partial charge in [-0.05, 0) is 19.1 Å². The Labute approximate surface area is 143 Å². The number of aromatic nitrogens is 1. The molecule has 0 aliphatic carbocycles. The molecule has 128 valence electrons. The fraction of sp³-hybridized carbons (Fsp3) is 0.214. The second-order valence-corrected chi connectivity index (χ2v) is 5.79. The van der Waals surface area contributed by atoms with Crippen LogP contribution in [-0.4, -0.2) is 23.8 Å². The molecule has 1 aromatic heterocycles. The van der Waals surface area contributed by atoms with Gasteiger partial charge in [0, 0.05) is 10.9 Å². The maximum absolute atomic E-state index is 12.6. The van der Waals surface area contributed by atoms with Crippen LogP contribution in [-0.2, 0) is 6.18 Å². The fourth-order valence-corrected chi connectivity index (χ4v) is 2.77. The van der Waals surface area contributed by atoms with Crippen LogP contribution >= 0.6 is 22.9 Å². The lowest BCUT2D eigenvalue weighted by Gasteiger charge is -2.13. The van der Waals surface area contributed by atoms with Crippen molar-refractivity contribution in [2.24, 2.45) is 0 Å². The van der Waals surface area contributed by atoms with Gasteiger partial charge in [0.05, 0.1) is 12.8 Å². The van der Waals surface area contributed by atoms with Gasteiger partial charge < -0.3 is 10.1 Å². The van der Waals surface area contributed by atoms with E-state index in [9.17, 15) is 22.8 Å². The third kappa shape index (κ3) is 3.68. The molecular weight excluding hydrogens is 369 g/mol. The van der Waals surface area contributed by atoms with E-state index in [0.717, 1.165) is 5.38 Å². The minimum Gasteiger partial charge on any atom is -0.495 e. The molecule has 0 atom stereocenters. The number of halogens is 4. The van der Waals surface area contributed by atoms with Gasteiger partial charge in [0.15, 0.2) is 10.8 Å². The number of hydrogen-bond acceptors (Lipinski definition) is 5. The first-order valence-electron chi connectivity index (χ1n) is 6.36. The van der Waals surface area contributed by atoms with Crippen LogP contribution < -0.4 is 10.1 Å². The highest BCUT2D eigenvalue weighted by atomic mass is 35.5. The van der Waals surface area contributed by atoms with Gasteiger partial charge in [0.1, 0.15) is 16.5 Å². The third-order valence-electron chi connectivity index (χ3n) is 2.92. The van der Waals surface area contributed by atoms with Crippen LogP contribution in [0, 0.1) is 0 Å². The predicted octanol–water partition coefficient (Wildman–Crippen LogP) is 4.28. The molecule has 2 aromatic rings. The Morgan fingerprint density at radius 1 is 1.33 bits per heavy atom. The molecule has 0 fully saturated rings. The van der Waals surface area contributed by atoms with Crippen LogP contribution in [0.5, 0.6) is 5.75 Å². The van der Waals surface area contributed by atoms with Crippen LogP contribution in [0.2, 0.25) is 5.02 Å². The van der Waals surface area contributed by atoms with E-state index < -0.39 is 22.8 Å². The summed E-state index contributed by atoms with van der Waals surface area (Å²) in [5.74, 6) is -1.10. The van der Waals surface area contributed by atoms with E-state index in [2.05, 4.69) is 10.3 Å². The maximum atomic E-state index is 12.6. The number of nitrogens with one attached hydrogen (secondary N) is 1. The first-order valence-corrected chi connectivity index (χ1v) is 7.62. The Morgan fingerprint density at radius 2 is 2.00 bits per heavy atom. The number of nitrogens with zero attached hydrogens (tertiary/aromatic N) is 1. The molecule has 1 amide bonds. The van der Waals surface area contributed by atoms with E-state index in [-0.39, 0.29) is 27.8 Å². The summed E-state index contributed by atoms with van der Waals surface area (Å²) in [6.45, 7) is 1.26. The number of anilines is 1. The van der Waals surface area contributed by atoms with Crippen LogP contribution in [0.15, 0.2) is 17.5 Å². The molecule has 0 saturated carbocycles. The van der Waals surface area contributed by atoms with E-state index in [4.69, 9.17) is 16.3 Å². The summed E-state index contributed by atoms with van der Waals surface area (Å²) in [5.41, 5.74) is -0.379. The van der Waals surface area contributed by atoms with Gasteiger partial charge >= 0.3 is 6.18 Å².